The monoisotopic (exact) mass is 156 g/mol. The van der Waals surface area contributed by atoms with Gasteiger partial charge in [-0.25, -0.2) is 0 Å². The Hall–Kier alpha value is 0.776. The summed E-state index contributed by atoms with van der Waals surface area (Å²) in [4.78, 5) is 20.3. The van der Waals surface area contributed by atoms with Crippen LogP contribution in [0.5, 0.6) is 0 Å². The SMILES string of the molecule is COC(=O)CC(C)=O.[KH]. The van der Waals surface area contributed by atoms with Crippen LogP contribution in [0.2, 0.25) is 0 Å². The quantitative estimate of drug-likeness (QED) is 0.307. The van der Waals surface area contributed by atoms with Crippen molar-refractivity contribution < 1.29 is 14.3 Å². The van der Waals surface area contributed by atoms with Gasteiger partial charge >= 0.3 is 57.4 Å². The number of rotatable bonds is 2. The van der Waals surface area contributed by atoms with E-state index >= 15 is 0 Å². The van der Waals surface area contributed by atoms with Crippen LogP contribution in [0.4, 0.5) is 0 Å². The number of esters is 1. The van der Waals surface area contributed by atoms with E-state index in [1.165, 1.54) is 14.0 Å². The minimum absolute atomic E-state index is 0. The van der Waals surface area contributed by atoms with Crippen molar-refractivity contribution in [2.45, 2.75) is 13.3 Å². The molecule has 0 rings (SSSR count). The van der Waals surface area contributed by atoms with Gasteiger partial charge < -0.3 is 4.74 Å². The third-order valence-corrected chi connectivity index (χ3v) is 0.621. The Morgan fingerprint density at radius 2 is 1.89 bits per heavy atom. The Morgan fingerprint density at radius 1 is 1.44 bits per heavy atom. The molecular weight excluding hydrogens is 147 g/mol. The zero-order chi connectivity index (χ0) is 6.57. The number of ketones is 1. The van der Waals surface area contributed by atoms with Gasteiger partial charge in [-0.2, -0.15) is 0 Å². The van der Waals surface area contributed by atoms with Gasteiger partial charge in [-0.15, -0.1) is 0 Å². The molecule has 0 atom stereocenters. The molecule has 48 valence electrons. The molecule has 0 spiro atoms. The average molecular weight is 156 g/mol. The zero-order valence-corrected chi connectivity index (χ0v) is 4.93. The maximum absolute atomic E-state index is 10.2. The van der Waals surface area contributed by atoms with E-state index in [0.29, 0.717) is 0 Å². The van der Waals surface area contributed by atoms with Gasteiger partial charge in [-0.3, -0.25) is 9.59 Å². The fourth-order valence-corrected chi connectivity index (χ4v) is 0.275. The van der Waals surface area contributed by atoms with E-state index in [-0.39, 0.29) is 63.6 Å². The molecule has 3 nitrogen and oxygen atoms in total. The Kier molecular flexibility index (Phi) is 9.53. The summed E-state index contributed by atoms with van der Waals surface area (Å²) >= 11 is 0. The second-order valence-electron chi connectivity index (χ2n) is 1.45. The predicted octanol–water partition coefficient (Wildman–Crippen LogP) is -0.510. The molecule has 0 amide bonds. The number of methoxy groups -OCH3 is 1. The Labute approximate surface area is 96.6 Å². The molecule has 0 fully saturated rings. The van der Waals surface area contributed by atoms with Gasteiger partial charge in [0.1, 0.15) is 12.2 Å². The van der Waals surface area contributed by atoms with Crippen molar-refractivity contribution in [1.29, 1.82) is 0 Å². The van der Waals surface area contributed by atoms with Gasteiger partial charge in [0.15, 0.2) is 0 Å². The second-order valence-corrected chi connectivity index (χ2v) is 1.45. The van der Waals surface area contributed by atoms with Crippen LogP contribution < -0.4 is 0 Å². The summed E-state index contributed by atoms with van der Waals surface area (Å²) in [7, 11) is 1.26. The van der Waals surface area contributed by atoms with Crippen LogP contribution in [0.3, 0.4) is 0 Å². The zero-order valence-electron chi connectivity index (χ0n) is 4.93. The maximum atomic E-state index is 10.2. The summed E-state index contributed by atoms with van der Waals surface area (Å²) in [6, 6.07) is 0. The van der Waals surface area contributed by atoms with Crippen LogP contribution >= 0.6 is 0 Å². The molecule has 0 saturated carbocycles. The fraction of sp³-hybridized carbons (Fsp3) is 0.600. The summed E-state index contributed by atoms with van der Waals surface area (Å²) in [5.74, 6) is -0.644. The fourth-order valence-electron chi connectivity index (χ4n) is 0.275. The van der Waals surface area contributed by atoms with Crippen LogP contribution in [0.25, 0.3) is 0 Å². The first-order valence-corrected chi connectivity index (χ1v) is 2.23. The summed E-state index contributed by atoms with van der Waals surface area (Å²) < 4.78 is 4.20. The van der Waals surface area contributed by atoms with Crippen LogP contribution in [-0.4, -0.2) is 70.2 Å². The molecule has 0 aliphatic carbocycles. The number of hydrogen-bond acceptors (Lipinski definition) is 3. The van der Waals surface area contributed by atoms with Gasteiger partial charge in [0.25, 0.3) is 0 Å². The van der Waals surface area contributed by atoms with E-state index in [9.17, 15) is 9.59 Å². The van der Waals surface area contributed by atoms with Gasteiger partial charge in [0.2, 0.25) is 0 Å². The van der Waals surface area contributed by atoms with Crippen LogP contribution in [0, 0.1) is 0 Å². The summed E-state index contributed by atoms with van der Waals surface area (Å²) in [6.45, 7) is 1.34. The molecule has 0 aromatic heterocycles. The number of Topliss-reactive ketones (excluding diaryl/α,β-unsaturated/α-hetero) is 1. The molecule has 0 aliphatic heterocycles. The molecule has 0 saturated heterocycles. The van der Waals surface area contributed by atoms with Crippen molar-refractivity contribution >= 4 is 63.1 Å². The van der Waals surface area contributed by atoms with Crippen molar-refractivity contribution in [2.24, 2.45) is 0 Å². The van der Waals surface area contributed by atoms with E-state index in [0.717, 1.165) is 0 Å². The van der Waals surface area contributed by atoms with E-state index in [2.05, 4.69) is 4.74 Å². The first kappa shape index (κ1) is 12.5. The van der Waals surface area contributed by atoms with Crippen molar-refractivity contribution in [2.75, 3.05) is 7.11 Å². The van der Waals surface area contributed by atoms with E-state index in [4.69, 9.17) is 0 Å². The molecule has 9 heavy (non-hydrogen) atoms. The standard InChI is InChI=1S/C5H8O3.K.H/c1-4(6)3-5(7)8-2;;/h3H2,1-2H3;;. The molecule has 0 aromatic carbocycles. The van der Waals surface area contributed by atoms with Crippen LogP contribution in [0.1, 0.15) is 13.3 Å². The number of hydrogen-bond donors (Lipinski definition) is 0. The molecule has 0 aliphatic rings. The summed E-state index contributed by atoms with van der Waals surface area (Å²) in [5, 5.41) is 0. The minimum atomic E-state index is -0.475. The van der Waals surface area contributed by atoms with Gasteiger partial charge in [0.05, 0.1) is 7.11 Å². The first-order valence-electron chi connectivity index (χ1n) is 2.23. The van der Waals surface area contributed by atoms with Crippen molar-refractivity contribution in [3.05, 3.63) is 0 Å². The van der Waals surface area contributed by atoms with Gasteiger partial charge in [-0.1, -0.05) is 0 Å². The number of carbonyl (C=O) groups excluding carboxylic acids is 2. The first-order chi connectivity index (χ1) is 3.66. The van der Waals surface area contributed by atoms with Crippen molar-refractivity contribution in [3.63, 3.8) is 0 Å². The topological polar surface area (TPSA) is 43.4 Å². The van der Waals surface area contributed by atoms with Crippen LogP contribution in [0.15, 0.2) is 0 Å². The number of ether oxygens (including phenoxy) is 1. The van der Waals surface area contributed by atoms with Crippen molar-refractivity contribution in [1.82, 2.24) is 0 Å². The molecule has 0 radical (unpaired) electrons. The summed E-state index contributed by atoms with van der Waals surface area (Å²) in [5.41, 5.74) is 0. The van der Waals surface area contributed by atoms with Crippen molar-refractivity contribution in [3.8, 4) is 0 Å². The number of carbonyl (C=O) groups is 2. The Bertz CT molecular complexity index is 111. The van der Waals surface area contributed by atoms with Gasteiger partial charge in [0, 0.05) is 0 Å². The second kappa shape index (κ2) is 6.89. The van der Waals surface area contributed by atoms with E-state index < -0.39 is 5.97 Å². The summed E-state index contributed by atoms with van der Waals surface area (Å²) in [6.07, 6.45) is -0.115. The Morgan fingerprint density at radius 3 is 2.00 bits per heavy atom. The molecular formula is C5H9KO3. The molecule has 0 N–H and O–H groups in total. The molecule has 0 bridgehead atoms. The van der Waals surface area contributed by atoms with Crippen LogP contribution in [-0.2, 0) is 14.3 Å². The van der Waals surface area contributed by atoms with Gasteiger partial charge in [-0.05, 0) is 6.92 Å². The molecule has 4 heteroatoms. The molecule has 0 aromatic rings. The average Bonchev–Trinajstić information content (AvgIpc) is 1.65. The third kappa shape index (κ3) is 8.78. The third-order valence-electron chi connectivity index (χ3n) is 0.621. The van der Waals surface area contributed by atoms with E-state index in [1.54, 1.807) is 0 Å². The molecule has 0 unspecified atom stereocenters. The predicted molar refractivity (Wildman–Crippen MR) is 34.5 cm³/mol. The Balaban J connectivity index is 0. The van der Waals surface area contributed by atoms with E-state index in [1.807, 2.05) is 0 Å². The normalized spacial score (nSPS) is 7.33. The molecule has 0 heterocycles.